The molecule has 0 bridgehead atoms. The Morgan fingerprint density at radius 1 is 1.11 bits per heavy atom. The van der Waals surface area contributed by atoms with Crippen LogP contribution in [0.15, 0.2) is 12.2 Å². The fourth-order valence-corrected chi connectivity index (χ4v) is 0. The van der Waals surface area contributed by atoms with Crippen molar-refractivity contribution in [2.24, 2.45) is 0 Å². The second-order valence-electron chi connectivity index (χ2n) is 2.31. The summed E-state index contributed by atoms with van der Waals surface area (Å²) in [6.07, 6.45) is 3.75. The van der Waals surface area contributed by atoms with Gasteiger partial charge in [-0.3, -0.25) is 0 Å². The quantitative estimate of drug-likeness (QED) is 0.496. The van der Waals surface area contributed by atoms with Gasteiger partial charge in [0.2, 0.25) is 0 Å². The van der Waals surface area contributed by atoms with Crippen LogP contribution in [0.4, 0.5) is 0 Å². The van der Waals surface area contributed by atoms with Crippen molar-refractivity contribution in [3.05, 3.63) is 12.2 Å². The number of hydrogen-bond acceptors (Lipinski definition) is 0. The molecule has 0 aromatic rings. The molecule has 0 N–H and O–H groups in total. The van der Waals surface area contributed by atoms with E-state index in [0.717, 1.165) is 6.42 Å². The molecule has 0 aromatic heterocycles. The van der Waals surface area contributed by atoms with Crippen molar-refractivity contribution < 1.29 is 0 Å². The van der Waals surface area contributed by atoms with Gasteiger partial charge < -0.3 is 0 Å². The molecule has 0 aliphatic heterocycles. The Morgan fingerprint density at radius 2 is 1.33 bits per heavy atom. The summed E-state index contributed by atoms with van der Waals surface area (Å²) >= 11 is 0. The summed E-state index contributed by atoms with van der Waals surface area (Å²) in [5.41, 5.74) is 1.25. The number of allylic oxidation sites excluding steroid dienone is 1. The summed E-state index contributed by atoms with van der Waals surface area (Å²) in [5, 5.41) is 0. The second kappa shape index (κ2) is 10.7. The Balaban J connectivity index is 0. The van der Waals surface area contributed by atoms with E-state index in [9.17, 15) is 0 Å². The Kier molecular flexibility index (Phi) is 13.7. The van der Waals surface area contributed by atoms with Gasteiger partial charge in [-0.15, -0.1) is 6.58 Å². The third kappa shape index (κ3) is 34.0. The highest BCUT2D eigenvalue weighted by atomic mass is 13.7. The smallest absolute Gasteiger partial charge is 0.0354 e. The van der Waals surface area contributed by atoms with Crippen LogP contribution in [0.3, 0.4) is 0 Å². The fraction of sp³-hybridized carbons (Fsp3) is 0.778. The predicted octanol–water partition coefficient (Wildman–Crippen LogP) is 3.78. The summed E-state index contributed by atoms with van der Waals surface area (Å²) in [5.74, 6) is 0. The van der Waals surface area contributed by atoms with Crippen molar-refractivity contribution in [3.63, 3.8) is 0 Å². The second-order valence-corrected chi connectivity index (χ2v) is 2.31. The summed E-state index contributed by atoms with van der Waals surface area (Å²) in [6.45, 7) is 12.2. The minimum Gasteiger partial charge on any atom is -0.100 e. The Bertz CT molecular complexity index is 51.1. The van der Waals surface area contributed by atoms with Crippen LogP contribution in [0, 0.1) is 0 Å². The first-order chi connectivity index (χ1) is 4.18. The van der Waals surface area contributed by atoms with Crippen molar-refractivity contribution in [1.29, 1.82) is 0 Å². The highest BCUT2D eigenvalue weighted by Crippen LogP contribution is 1.88. The normalized spacial score (nSPS) is 7.56. The molecule has 56 valence electrons. The van der Waals surface area contributed by atoms with E-state index in [1.165, 1.54) is 18.4 Å². The summed E-state index contributed by atoms with van der Waals surface area (Å²) in [6, 6.07) is 0. The Labute approximate surface area is 60.0 Å². The van der Waals surface area contributed by atoms with Gasteiger partial charge in [0, 0.05) is 0 Å². The Morgan fingerprint density at radius 3 is 1.33 bits per heavy atom. The first kappa shape index (κ1) is 11.5. The van der Waals surface area contributed by atoms with E-state index in [1.54, 1.807) is 0 Å². The summed E-state index contributed by atoms with van der Waals surface area (Å²) in [4.78, 5) is 0. The van der Waals surface area contributed by atoms with Crippen LogP contribution >= 0.6 is 0 Å². The van der Waals surface area contributed by atoms with Crippen LogP contribution < -0.4 is 0 Å². The summed E-state index contributed by atoms with van der Waals surface area (Å²) < 4.78 is 0. The fourth-order valence-electron chi connectivity index (χ4n) is 0. The van der Waals surface area contributed by atoms with Gasteiger partial charge >= 0.3 is 0 Å². The van der Waals surface area contributed by atoms with Crippen LogP contribution in [0.25, 0.3) is 0 Å². The number of rotatable bonds is 2. The molecular formula is C9H20. The summed E-state index contributed by atoms with van der Waals surface area (Å²) in [7, 11) is 0. The Hall–Kier alpha value is -0.260. The molecule has 9 heavy (non-hydrogen) atoms. The van der Waals surface area contributed by atoms with E-state index in [-0.39, 0.29) is 0 Å². The average molecular weight is 128 g/mol. The van der Waals surface area contributed by atoms with Crippen LogP contribution in [-0.4, -0.2) is 0 Å². The predicted molar refractivity (Wildman–Crippen MR) is 45.7 cm³/mol. The first-order valence-corrected chi connectivity index (χ1v) is 3.83. The lowest BCUT2D eigenvalue weighted by Gasteiger charge is -1.79. The molecule has 0 nitrogen and oxygen atoms in total. The topological polar surface area (TPSA) is 0 Å². The van der Waals surface area contributed by atoms with Gasteiger partial charge in [-0.25, -0.2) is 0 Å². The third-order valence-corrected chi connectivity index (χ3v) is 1.10. The molecule has 0 spiro atoms. The van der Waals surface area contributed by atoms with Crippen molar-refractivity contribution in [2.45, 2.75) is 47.0 Å². The standard InChI is InChI=1S/C5H10.C4H10/c1-4-5(2)3;1-3-4-2/h2,4H2,1,3H3;3-4H2,1-2H3. The van der Waals surface area contributed by atoms with E-state index in [4.69, 9.17) is 0 Å². The van der Waals surface area contributed by atoms with Gasteiger partial charge in [-0.2, -0.15) is 0 Å². The van der Waals surface area contributed by atoms with Gasteiger partial charge in [0.15, 0.2) is 0 Å². The van der Waals surface area contributed by atoms with E-state index < -0.39 is 0 Å². The first-order valence-electron chi connectivity index (χ1n) is 3.83. The molecular weight excluding hydrogens is 108 g/mol. The zero-order chi connectivity index (χ0) is 7.70. The van der Waals surface area contributed by atoms with Crippen LogP contribution in [0.1, 0.15) is 47.0 Å². The van der Waals surface area contributed by atoms with Crippen molar-refractivity contribution in [3.8, 4) is 0 Å². The lowest BCUT2D eigenvalue weighted by atomic mass is 10.3. The molecule has 0 aromatic carbocycles. The average Bonchev–Trinajstić information content (AvgIpc) is 1.89. The number of hydrogen-bond donors (Lipinski definition) is 0. The number of unbranched alkanes of at least 4 members (excludes halogenated alkanes) is 1. The molecule has 0 atom stereocenters. The van der Waals surface area contributed by atoms with Crippen LogP contribution in [-0.2, 0) is 0 Å². The maximum absolute atomic E-state index is 3.67. The molecule has 0 saturated carbocycles. The maximum Gasteiger partial charge on any atom is -0.0354 e. The van der Waals surface area contributed by atoms with E-state index in [1.807, 2.05) is 6.92 Å². The minimum absolute atomic E-state index is 1.11. The molecule has 0 heterocycles. The van der Waals surface area contributed by atoms with E-state index in [0.29, 0.717) is 0 Å². The zero-order valence-corrected chi connectivity index (χ0v) is 7.33. The molecule has 0 heteroatoms. The van der Waals surface area contributed by atoms with Crippen LogP contribution in [0.2, 0.25) is 0 Å². The lowest BCUT2D eigenvalue weighted by molar-refractivity contribution is 0.886. The molecule has 0 amide bonds. The molecule has 0 rings (SSSR count). The van der Waals surface area contributed by atoms with Crippen molar-refractivity contribution in [1.82, 2.24) is 0 Å². The zero-order valence-electron chi connectivity index (χ0n) is 7.33. The molecule has 0 aliphatic carbocycles. The highest BCUT2D eigenvalue weighted by Gasteiger charge is 1.67. The minimum atomic E-state index is 1.11. The SMILES string of the molecule is C=C(C)CC.CCCC. The van der Waals surface area contributed by atoms with Crippen LogP contribution in [0.5, 0.6) is 0 Å². The third-order valence-electron chi connectivity index (χ3n) is 1.10. The van der Waals surface area contributed by atoms with Crippen molar-refractivity contribution in [2.75, 3.05) is 0 Å². The molecule has 0 aliphatic rings. The molecule has 0 unspecified atom stereocenters. The van der Waals surface area contributed by atoms with Gasteiger partial charge in [0.05, 0.1) is 0 Å². The van der Waals surface area contributed by atoms with Gasteiger partial charge in [0.25, 0.3) is 0 Å². The largest absolute Gasteiger partial charge is 0.100 e. The highest BCUT2D eigenvalue weighted by molar-refractivity contribution is 4.84. The van der Waals surface area contributed by atoms with Gasteiger partial charge in [0.1, 0.15) is 0 Å². The van der Waals surface area contributed by atoms with Gasteiger partial charge in [-0.1, -0.05) is 39.2 Å². The molecule has 0 saturated heterocycles. The lowest BCUT2D eigenvalue weighted by Crippen LogP contribution is -1.58. The van der Waals surface area contributed by atoms with E-state index >= 15 is 0 Å². The maximum atomic E-state index is 3.67. The monoisotopic (exact) mass is 128 g/mol. The molecule has 0 fully saturated rings. The van der Waals surface area contributed by atoms with Crippen molar-refractivity contribution >= 4 is 0 Å². The van der Waals surface area contributed by atoms with E-state index in [2.05, 4.69) is 27.4 Å². The van der Waals surface area contributed by atoms with Gasteiger partial charge in [-0.05, 0) is 13.3 Å². The molecule has 0 radical (unpaired) electrons.